The fourth-order valence-electron chi connectivity index (χ4n) is 3.09. The Hall–Kier alpha value is -3.15. The summed E-state index contributed by atoms with van der Waals surface area (Å²) >= 11 is 0. The molecule has 2 aromatic rings. The van der Waals surface area contributed by atoms with Gasteiger partial charge in [0.25, 0.3) is 0 Å². The number of benzene rings is 2. The van der Waals surface area contributed by atoms with Crippen molar-refractivity contribution in [3.05, 3.63) is 47.0 Å². The number of nitrogen functional groups attached to an aromatic ring is 1. The summed E-state index contributed by atoms with van der Waals surface area (Å²) in [5.74, 6) is 1.63. The third kappa shape index (κ3) is 4.83. The molecule has 0 saturated heterocycles. The first kappa shape index (κ1) is 22.1. The zero-order valence-electron chi connectivity index (χ0n) is 18.2. The van der Waals surface area contributed by atoms with Crippen molar-refractivity contribution in [2.24, 2.45) is 5.92 Å². The average Bonchev–Trinajstić information content (AvgIpc) is 2.70. The van der Waals surface area contributed by atoms with Crippen LogP contribution in [-0.4, -0.2) is 41.2 Å². The van der Waals surface area contributed by atoms with Crippen molar-refractivity contribution < 1.29 is 19.0 Å². The molecule has 0 atom stereocenters. The van der Waals surface area contributed by atoms with Gasteiger partial charge in [0.1, 0.15) is 5.75 Å². The van der Waals surface area contributed by atoms with E-state index in [0.29, 0.717) is 39.6 Å². The van der Waals surface area contributed by atoms with Crippen molar-refractivity contribution in [2.45, 2.75) is 13.8 Å². The zero-order chi connectivity index (χ0) is 21.7. The second kappa shape index (κ2) is 9.37. The van der Waals surface area contributed by atoms with E-state index in [-0.39, 0.29) is 11.7 Å². The Balaban J connectivity index is 2.62. The van der Waals surface area contributed by atoms with E-state index in [1.807, 2.05) is 51.1 Å². The van der Waals surface area contributed by atoms with Gasteiger partial charge in [0, 0.05) is 36.9 Å². The molecule has 29 heavy (non-hydrogen) atoms. The maximum absolute atomic E-state index is 13.4. The van der Waals surface area contributed by atoms with Crippen LogP contribution in [0.15, 0.2) is 35.9 Å². The lowest BCUT2D eigenvalue weighted by Crippen LogP contribution is -2.14. The highest BCUT2D eigenvalue weighted by atomic mass is 16.5. The molecule has 6 nitrogen and oxygen atoms in total. The molecular formula is C23H30N2O4. The van der Waals surface area contributed by atoms with Gasteiger partial charge in [-0.15, -0.1) is 0 Å². The molecule has 0 aliphatic heterocycles. The first-order chi connectivity index (χ1) is 13.7. The second-order valence-electron chi connectivity index (χ2n) is 7.20. The lowest BCUT2D eigenvalue weighted by Gasteiger charge is -2.18. The van der Waals surface area contributed by atoms with Crippen LogP contribution < -0.4 is 24.8 Å². The maximum Gasteiger partial charge on any atom is 0.189 e. The quantitative estimate of drug-likeness (QED) is 0.406. The number of allylic oxidation sites excluding steroid dienone is 1. The number of hydrogen-bond donors (Lipinski definition) is 1. The molecule has 0 aliphatic carbocycles. The van der Waals surface area contributed by atoms with Crippen LogP contribution in [0.5, 0.6) is 17.2 Å². The van der Waals surface area contributed by atoms with E-state index in [2.05, 4.69) is 0 Å². The molecule has 2 rings (SSSR count). The lowest BCUT2D eigenvalue weighted by molar-refractivity contribution is 0.102. The van der Waals surface area contributed by atoms with E-state index >= 15 is 0 Å². The van der Waals surface area contributed by atoms with Crippen LogP contribution in [0, 0.1) is 5.92 Å². The average molecular weight is 399 g/mol. The molecule has 0 spiro atoms. The predicted molar refractivity (Wildman–Crippen MR) is 118 cm³/mol. The Bertz CT molecular complexity index is 917. The van der Waals surface area contributed by atoms with Crippen LogP contribution in [0.2, 0.25) is 0 Å². The first-order valence-electron chi connectivity index (χ1n) is 9.36. The molecule has 156 valence electrons. The van der Waals surface area contributed by atoms with Crippen molar-refractivity contribution in [3.63, 3.8) is 0 Å². The van der Waals surface area contributed by atoms with Crippen molar-refractivity contribution >= 4 is 23.2 Å². The van der Waals surface area contributed by atoms with Crippen LogP contribution in [0.25, 0.3) is 6.08 Å². The van der Waals surface area contributed by atoms with Gasteiger partial charge in [-0.25, -0.2) is 0 Å². The normalized spacial score (nSPS) is 11.4. The summed E-state index contributed by atoms with van der Waals surface area (Å²) in [4.78, 5) is 15.2. The van der Waals surface area contributed by atoms with Crippen LogP contribution in [0.1, 0.15) is 29.8 Å². The number of anilines is 2. The third-order valence-electron chi connectivity index (χ3n) is 4.69. The number of hydrogen-bond acceptors (Lipinski definition) is 6. The molecule has 0 bridgehead atoms. The minimum atomic E-state index is -0.0630. The zero-order valence-corrected chi connectivity index (χ0v) is 18.2. The van der Waals surface area contributed by atoms with Gasteiger partial charge in [-0.3, -0.25) is 4.79 Å². The number of ether oxygens (including phenoxy) is 3. The lowest BCUT2D eigenvalue weighted by atomic mass is 9.91. The second-order valence-corrected chi connectivity index (χ2v) is 7.20. The Morgan fingerprint density at radius 3 is 2.24 bits per heavy atom. The molecule has 0 radical (unpaired) electrons. The minimum Gasteiger partial charge on any atom is -0.497 e. The van der Waals surface area contributed by atoms with E-state index in [1.54, 1.807) is 39.5 Å². The SMILES string of the molecule is COc1cc(C=C(C(=O)c2ccc(N)c(N(C)C)c2)C(C)C)c(OC)c(OC)c1. The van der Waals surface area contributed by atoms with Gasteiger partial charge in [0.2, 0.25) is 0 Å². The number of carbonyl (C=O) groups is 1. The summed E-state index contributed by atoms with van der Waals surface area (Å²) in [6.07, 6.45) is 1.84. The van der Waals surface area contributed by atoms with Gasteiger partial charge in [-0.05, 0) is 36.3 Å². The molecule has 6 heteroatoms. The number of Topliss-reactive ketones (excluding diaryl/α,β-unsaturated/α-hetero) is 1. The maximum atomic E-state index is 13.4. The fraction of sp³-hybridized carbons (Fsp3) is 0.348. The molecule has 0 aliphatic rings. The largest absolute Gasteiger partial charge is 0.497 e. The van der Waals surface area contributed by atoms with Crippen molar-refractivity contribution in [2.75, 3.05) is 46.1 Å². The number of carbonyl (C=O) groups excluding carboxylic acids is 1. The predicted octanol–water partition coefficient (Wildman–Crippen LogP) is 4.28. The fourth-order valence-corrected chi connectivity index (χ4v) is 3.09. The molecule has 2 N–H and O–H groups in total. The third-order valence-corrected chi connectivity index (χ3v) is 4.69. The molecule has 0 amide bonds. The highest BCUT2D eigenvalue weighted by molar-refractivity contribution is 6.12. The summed E-state index contributed by atoms with van der Waals surface area (Å²) in [5.41, 5.74) is 9.41. The molecular weight excluding hydrogens is 368 g/mol. The highest BCUT2D eigenvalue weighted by Crippen LogP contribution is 2.38. The minimum absolute atomic E-state index is 0.00948. The van der Waals surface area contributed by atoms with Crippen molar-refractivity contribution in [3.8, 4) is 17.2 Å². The number of ketones is 1. The molecule has 2 aromatic carbocycles. The van der Waals surface area contributed by atoms with E-state index < -0.39 is 0 Å². The molecule has 0 fully saturated rings. The van der Waals surface area contributed by atoms with Crippen LogP contribution in [-0.2, 0) is 0 Å². The van der Waals surface area contributed by atoms with Crippen LogP contribution >= 0.6 is 0 Å². The van der Waals surface area contributed by atoms with Crippen molar-refractivity contribution in [1.82, 2.24) is 0 Å². The Morgan fingerprint density at radius 2 is 1.72 bits per heavy atom. The van der Waals surface area contributed by atoms with Gasteiger partial charge in [-0.2, -0.15) is 0 Å². The Labute approximate surface area is 172 Å². The van der Waals surface area contributed by atoms with Crippen molar-refractivity contribution in [1.29, 1.82) is 0 Å². The van der Waals surface area contributed by atoms with Gasteiger partial charge in [-0.1, -0.05) is 13.8 Å². The number of rotatable bonds is 8. The monoisotopic (exact) mass is 398 g/mol. The number of methoxy groups -OCH3 is 3. The summed E-state index contributed by atoms with van der Waals surface area (Å²) < 4.78 is 16.3. The molecule has 0 saturated carbocycles. The van der Waals surface area contributed by atoms with E-state index in [1.165, 1.54) is 0 Å². The number of nitrogens with zero attached hydrogens (tertiary/aromatic N) is 1. The van der Waals surface area contributed by atoms with Gasteiger partial charge in [0.15, 0.2) is 17.3 Å². The first-order valence-corrected chi connectivity index (χ1v) is 9.36. The summed E-state index contributed by atoms with van der Waals surface area (Å²) in [6, 6.07) is 8.90. The summed E-state index contributed by atoms with van der Waals surface area (Å²) in [5, 5.41) is 0. The van der Waals surface area contributed by atoms with E-state index in [4.69, 9.17) is 19.9 Å². The molecule has 0 unspecified atom stereocenters. The summed E-state index contributed by atoms with van der Waals surface area (Å²) in [7, 11) is 8.51. The van der Waals surface area contributed by atoms with Crippen LogP contribution in [0.3, 0.4) is 0 Å². The number of nitrogens with two attached hydrogens (primary N) is 1. The Morgan fingerprint density at radius 1 is 1.03 bits per heavy atom. The van der Waals surface area contributed by atoms with Crippen LogP contribution in [0.4, 0.5) is 11.4 Å². The Kier molecular flexibility index (Phi) is 7.15. The smallest absolute Gasteiger partial charge is 0.189 e. The topological polar surface area (TPSA) is 74.0 Å². The standard InChI is InChI=1S/C23H30N2O4/c1-14(2)18(22(26)15-8-9-19(24)20(12-15)25(3)4)11-16-10-17(27-5)13-21(28-6)23(16)29-7/h8-14H,24H2,1-7H3. The molecule has 0 aromatic heterocycles. The summed E-state index contributed by atoms with van der Waals surface area (Å²) in [6.45, 7) is 3.97. The van der Waals surface area contributed by atoms with Gasteiger partial charge < -0.3 is 24.8 Å². The van der Waals surface area contributed by atoms with Gasteiger partial charge >= 0.3 is 0 Å². The van der Waals surface area contributed by atoms with Gasteiger partial charge in [0.05, 0.1) is 32.7 Å². The van der Waals surface area contributed by atoms with E-state index in [0.717, 1.165) is 5.69 Å². The van der Waals surface area contributed by atoms with E-state index in [9.17, 15) is 4.79 Å². The highest BCUT2D eigenvalue weighted by Gasteiger charge is 2.20. The molecule has 0 heterocycles.